The van der Waals surface area contributed by atoms with Crippen molar-refractivity contribution >= 4 is 10.0 Å². The molecule has 1 aliphatic heterocycles. The number of halogens is 2. The summed E-state index contributed by atoms with van der Waals surface area (Å²) in [4.78, 5) is -0.667. The fraction of sp³-hybridized carbons (Fsp3) is 0.538. The van der Waals surface area contributed by atoms with E-state index in [0.29, 0.717) is 6.61 Å². The van der Waals surface area contributed by atoms with Gasteiger partial charge in [0.25, 0.3) is 0 Å². The minimum Gasteiger partial charge on any atom is -0.391 e. The average Bonchev–Trinajstić information content (AvgIpc) is 2.82. The molecule has 21 heavy (non-hydrogen) atoms. The van der Waals surface area contributed by atoms with Crippen LogP contribution in [0.5, 0.6) is 0 Å². The van der Waals surface area contributed by atoms with Crippen LogP contribution < -0.4 is 4.72 Å². The minimum atomic E-state index is -4.11. The Bertz CT molecular complexity index is 621. The molecule has 1 fully saturated rings. The zero-order chi connectivity index (χ0) is 15.6. The Morgan fingerprint density at radius 3 is 2.71 bits per heavy atom. The van der Waals surface area contributed by atoms with Crippen molar-refractivity contribution in [2.75, 3.05) is 13.2 Å². The highest BCUT2D eigenvalue weighted by molar-refractivity contribution is 7.89. The van der Waals surface area contributed by atoms with Crippen molar-refractivity contribution in [1.29, 1.82) is 0 Å². The van der Waals surface area contributed by atoms with Crippen LogP contribution in [-0.2, 0) is 21.4 Å². The predicted octanol–water partition coefficient (Wildman–Crippen LogP) is 1.16. The number of ether oxygens (including phenoxy) is 1. The second kappa shape index (κ2) is 6.35. The third-order valence-electron chi connectivity index (χ3n) is 3.67. The molecule has 118 valence electrons. The SMILES string of the molecule is CC1OCCC1CNS(=O)(=O)c1ccc(F)c(CO)c1F. The van der Waals surface area contributed by atoms with Crippen LogP contribution in [0.25, 0.3) is 0 Å². The molecule has 0 radical (unpaired) electrons. The van der Waals surface area contributed by atoms with Crippen molar-refractivity contribution in [2.24, 2.45) is 5.92 Å². The fourth-order valence-corrected chi connectivity index (χ4v) is 3.46. The highest BCUT2D eigenvalue weighted by Gasteiger charge is 2.28. The van der Waals surface area contributed by atoms with Gasteiger partial charge in [-0.2, -0.15) is 0 Å². The third kappa shape index (κ3) is 3.39. The number of aliphatic hydroxyl groups excluding tert-OH is 1. The van der Waals surface area contributed by atoms with E-state index in [1.807, 2.05) is 6.92 Å². The van der Waals surface area contributed by atoms with E-state index in [0.717, 1.165) is 18.6 Å². The van der Waals surface area contributed by atoms with E-state index < -0.39 is 38.7 Å². The summed E-state index contributed by atoms with van der Waals surface area (Å²) in [5.74, 6) is -2.23. The molecular formula is C13H17F2NO4S. The normalized spacial score (nSPS) is 22.7. The van der Waals surface area contributed by atoms with Crippen molar-refractivity contribution in [3.8, 4) is 0 Å². The van der Waals surface area contributed by atoms with Crippen molar-refractivity contribution in [3.05, 3.63) is 29.3 Å². The van der Waals surface area contributed by atoms with Gasteiger partial charge in [0.15, 0.2) is 5.82 Å². The molecule has 1 saturated heterocycles. The van der Waals surface area contributed by atoms with Crippen LogP contribution in [0.4, 0.5) is 8.78 Å². The molecule has 1 heterocycles. The Kier molecular flexibility index (Phi) is 4.92. The van der Waals surface area contributed by atoms with Crippen molar-refractivity contribution in [3.63, 3.8) is 0 Å². The maximum Gasteiger partial charge on any atom is 0.243 e. The van der Waals surface area contributed by atoms with Crippen LogP contribution >= 0.6 is 0 Å². The van der Waals surface area contributed by atoms with Gasteiger partial charge in [-0.25, -0.2) is 21.9 Å². The Morgan fingerprint density at radius 2 is 2.14 bits per heavy atom. The third-order valence-corrected chi connectivity index (χ3v) is 5.11. The Morgan fingerprint density at radius 1 is 1.43 bits per heavy atom. The van der Waals surface area contributed by atoms with Crippen LogP contribution in [0, 0.1) is 17.6 Å². The predicted molar refractivity (Wildman–Crippen MR) is 71.0 cm³/mol. The summed E-state index contributed by atoms with van der Waals surface area (Å²) in [6.07, 6.45) is 0.649. The summed E-state index contributed by atoms with van der Waals surface area (Å²) >= 11 is 0. The van der Waals surface area contributed by atoms with Crippen LogP contribution in [0.1, 0.15) is 18.9 Å². The first-order valence-corrected chi connectivity index (χ1v) is 8.04. The second-order valence-electron chi connectivity index (χ2n) is 4.97. The quantitative estimate of drug-likeness (QED) is 0.853. The van der Waals surface area contributed by atoms with E-state index >= 15 is 0 Å². The number of rotatable bonds is 5. The molecular weight excluding hydrogens is 304 g/mol. The topological polar surface area (TPSA) is 75.6 Å². The molecule has 1 aliphatic rings. The second-order valence-corrected chi connectivity index (χ2v) is 6.71. The number of benzene rings is 1. The lowest BCUT2D eigenvalue weighted by Gasteiger charge is -2.15. The van der Waals surface area contributed by atoms with E-state index in [-0.39, 0.29) is 18.6 Å². The van der Waals surface area contributed by atoms with Crippen LogP contribution in [0.3, 0.4) is 0 Å². The first-order valence-electron chi connectivity index (χ1n) is 6.56. The molecule has 0 aliphatic carbocycles. The van der Waals surface area contributed by atoms with E-state index in [1.54, 1.807) is 0 Å². The molecule has 2 N–H and O–H groups in total. The molecule has 0 saturated carbocycles. The zero-order valence-corrected chi connectivity index (χ0v) is 12.3. The molecule has 0 aromatic heterocycles. The summed E-state index contributed by atoms with van der Waals surface area (Å²) in [5.41, 5.74) is -0.657. The molecule has 2 atom stereocenters. The van der Waals surface area contributed by atoms with E-state index in [9.17, 15) is 17.2 Å². The monoisotopic (exact) mass is 321 g/mol. The minimum absolute atomic E-state index is 0.0144. The van der Waals surface area contributed by atoms with Gasteiger partial charge >= 0.3 is 0 Å². The lowest BCUT2D eigenvalue weighted by atomic mass is 10.0. The lowest BCUT2D eigenvalue weighted by Crippen LogP contribution is -2.32. The molecule has 2 rings (SSSR count). The maximum atomic E-state index is 14.0. The van der Waals surface area contributed by atoms with Gasteiger partial charge in [0.1, 0.15) is 10.7 Å². The van der Waals surface area contributed by atoms with Gasteiger partial charge in [0.2, 0.25) is 10.0 Å². The smallest absolute Gasteiger partial charge is 0.243 e. The molecule has 0 amide bonds. The van der Waals surface area contributed by atoms with Gasteiger partial charge in [-0.1, -0.05) is 0 Å². The van der Waals surface area contributed by atoms with Gasteiger partial charge in [-0.3, -0.25) is 0 Å². The number of aliphatic hydroxyl groups is 1. The van der Waals surface area contributed by atoms with Gasteiger partial charge in [0.05, 0.1) is 18.3 Å². The van der Waals surface area contributed by atoms with Crippen LogP contribution in [-0.4, -0.2) is 32.8 Å². The Labute approximate surface area is 122 Å². The largest absolute Gasteiger partial charge is 0.391 e. The van der Waals surface area contributed by atoms with Gasteiger partial charge in [-0.05, 0) is 25.5 Å². The number of hydrogen-bond acceptors (Lipinski definition) is 4. The van der Waals surface area contributed by atoms with Gasteiger partial charge in [0, 0.05) is 19.1 Å². The van der Waals surface area contributed by atoms with Gasteiger partial charge < -0.3 is 9.84 Å². The lowest BCUT2D eigenvalue weighted by molar-refractivity contribution is 0.107. The molecule has 2 unspecified atom stereocenters. The number of sulfonamides is 1. The highest BCUT2D eigenvalue weighted by atomic mass is 32.2. The average molecular weight is 321 g/mol. The van der Waals surface area contributed by atoms with Crippen LogP contribution in [0.2, 0.25) is 0 Å². The molecule has 0 bridgehead atoms. The Balaban J connectivity index is 2.20. The highest BCUT2D eigenvalue weighted by Crippen LogP contribution is 2.23. The van der Waals surface area contributed by atoms with E-state index in [1.165, 1.54) is 0 Å². The molecule has 5 nitrogen and oxygen atoms in total. The summed E-state index contributed by atoms with van der Waals surface area (Å²) in [6.45, 7) is 1.62. The molecule has 1 aromatic carbocycles. The van der Waals surface area contributed by atoms with Gasteiger partial charge in [-0.15, -0.1) is 0 Å². The molecule has 1 aromatic rings. The molecule has 0 spiro atoms. The van der Waals surface area contributed by atoms with Crippen LogP contribution in [0.15, 0.2) is 17.0 Å². The summed E-state index contributed by atoms with van der Waals surface area (Å²) in [5, 5.41) is 8.91. The first kappa shape index (κ1) is 16.3. The summed E-state index contributed by atoms with van der Waals surface area (Å²) in [6, 6.07) is 1.67. The van der Waals surface area contributed by atoms with Crippen molar-refractivity contribution in [1.82, 2.24) is 4.72 Å². The number of nitrogens with one attached hydrogen (secondary N) is 1. The maximum absolute atomic E-state index is 14.0. The fourth-order valence-electron chi connectivity index (χ4n) is 2.27. The summed E-state index contributed by atoms with van der Waals surface area (Å²) in [7, 11) is -4.11. The first-order chi connectivity index (χ1) is 9.86. The van der Waals surface area contributed by atoms with Crippen molar-refractivity contribution < 1.29 is 27.0 Å². The van der Waals surface area contributed by atoms with Crippen molar-refractivity contribution in [2.45, 2.75) is 31.0 Å². The van der Waals surface area contributed by atoms with E-state index in [2.05, 4.69) is 4.72 Å². The number of hydrogen-bond donors (Lipinski definition) is 2. The Hall–Kier alpha value is -1.09. The summed E-state index contributed by atoms with van der Waals surface area (Å²) < 4.78 is 59.1. The van der Waals surface area contributed by atoms with E-state index in [4.69, 9.17) is 9.84 Å². The standard InChI is InChI=1S/C13H17F2NO4S/c1-8-9(4-5-20-8)6-16-21(18,19)12-3-2-11(14)10(7-17)13(12)15/h2-3,8-9,16-17H,4-7H2,1H3. The molecule has 8 heteroatoms. The zero-order valence-electron chi connectivity index (χ0n) is 11.5.